The molecule has 0 aromatic carbocycles. The fourth-order valence-corrected chi connectivity index (χ4v) is 2.40. The van der Waals surface area contributed by atoms with Gasteiger partial charge in [0.2, 0.25) is 0 Å². The molecular formula is C16H21N3O. The van der Waals surface area contributed by atoms with Gasteiger partial charge in [-0.3, -0.25) is 9.97 Å². The van der Waals surface area contributed by atoms with Gasteiger partial charge < -0.3 is 10.1 Å². The van der Waals surface area contributed by atoms with Gasteiger partial charge in [-0.05, 0) is 50.2 Å². The zero-order valence-corrected chi connectivity index (χ0v) is 12.5. The molecule has 0 aliphatic rings. The molecule has 0 saturated carbocycles. The summed E-state index contributed by atoms with van der Waals surface area (Å²) in [4.78, 5) is 8.93. The van der Waals surface area contributed by atoms with E-state index in [2.05, 4.69) is 34.3 Å². The minimum absolute atomic E-state index is 0.0107. The quantitative estimate of drug-likeness (QED) is 0.908. The number of ether oxygens (including phenoxy) is 1. The number of methoxy groups -OCH3 is 1. The lowest BCUT2D eigenvalue weighted by atomic mass is 10.0. The maximum atomic E-state index is 5.44. The van der Waals surface area contributed by atoms with E-state index in [0.717, 1.165) is 34.9 Å². The highest BCUT2D eigenvalue weighted by molar-refractivity contribution is 5.37. The summed E-state index contributed by atoms with van der Waals surface area (Å²) in [6.45, 7) is 6.96. The third kappa shape index (κ3) is 3.14. The number of pyridine rings is 2. The first-order chi connectivity index (χ1) is 9.65. The summed E-state index contributed by atoms with van der Waals surface area (Å²) < 4.78 is 5.44. The molecule has 1 unspecified atom stereocenters. The van der Waals surface area contributed by atoms with Crippen LogP contribution in [0.15, 0.2) is 30.5 Å². The van der Waals surface area contributed by atoms with Crippen LogP contribution in [0.5, 0.6) is 5.75 Å². The normalized spacial score (nSPS) is 12.2. The Hall–Kier alpha value is -1.94. The second-order valence-electron chi connectivity index (χ2n) is 4.76. The van der Waals surface area contributed by atoms with Crippen molar-refractivity contribution in [3.63, 3.8) is 0 Å². The van der Waals surface area contributed by atoms with E-state index >= 15 is 0 Å². The van der Waals surface area contributed by atoms with Crippen LogP contribution in [0.1, 0.15) is 35.6 Å². The van der Waals surface area contributed by atoms with Crippen molar-refractivity contribution >= 4 is 0 Å². The second-order valence-corrected chi connectivity index (χ2v) is 4.76. The van der Waals surface area contributed by atoms with Crippen molar-refractivity contribution in [1.29, 1.82) is 0 Å². The Balaban J connectivity index is 2.50. The predicted molar refractivity (Wildman–Crippen MR) is 80.0 cm³/mol. The van der Waals surface area contributed by atoms with E-state index in [9.17, 15) is 0 Å². The van der Waals surface area contributed by atoms with Crippen molar-refractivity contribution in [1.82, 2.24) is 15.3 Å². The Morgan fingerprint density at radius 1 is 1.25 bits per heavy atom. The zero-order chi connectivity index (χ0) is 14.5. The van der Waals surface area contributed by atoms with Crippen LogP contribution in [0.25, 0.3) is 0 Å². The van der Waals surface area contributed by atoms with E-state index in [1.165, 1.54) is 0 Å². The molecule has 0 amide bonds. The number of aryl methyl sites for hydroxylation is 2. The van der Waals surface area contributed by atoms with Gasteiger partial charge in [0.05, 0.1) is 13.2 Å². The van der Waals surface area contributed by atoms with Crippen molar-refractivity contribution in [2.45, 2.75) is 26.8 Å². The highest BCUT2D eigenvalue weighted by Gasteiger charge is 2.19. The summed E-state index contributed by atoms with van der Waals surface area (Å²) in [5.41, 5.74) is 4.09. The molecule has 1 N–H and O–H groups in total. The maximum absolute atomic E-state index is 5.44. The highest BCUT2D eigenvalue weighted by atomic mass is 16.5. The van der Waals surface area contributed by atoms with Crippen LogP contribution in [-0.4, -0.2) is 23.6 Å². The number of nitrogens with zero attached hydrogens (tertiary/aromatic N) is 2. The van der Waals surface area contributed by atoms with Crippen LogP contribution < -0.4 is 10.1 Å². The summed E-state index contributed by atoms with van der Waals surface area (Å²) in [6.07, 6.45) is 1.79. The van der Waals surface area contributed by atoms with Crippen molar-refractivity contribution in [3.05, 3.63) is 53.1 Å². The lowest BCUT2D eigenvalue weighted by Gasteiger charge is -2.20. The first kappa shape index (κ1) is 14.5. The third-order valence-electron chi connectivity index (χ3n) is 3.14. The molecule has 2 aromatic heterocycles. The van der Waals surface area contributed by atoms with Crippen LogP contribution in [-0.2, 0) is 0 Å². The number of aromatic nitrogens is 2. The molecule has 0 bridgehead atoms. The Bertz CT molecular complexity index is 563. The fraction of sp³-hybridized carbons (Fsp3) is 0.375. The molecule has 0 radical (unpaired) electrons. The molecule has 0 aliphatic heterocycles. The van der Waals surface area contributed by atoms with Gasteiger partial charge in [0.1, 0.15) is 11.4 Å². The number of hydrogen-bond donors (Lipinski definition) is 1. The van der Waals surface area contributed by atoms with E-state index in [0.29, 0.717) is 0 Å². The smallest absolute Gasteiger partial charge is 0.142 e. The molecule has 4 heteroatoms. The van der Waals surface area contributed by atoms with E-state index < -0.39 is 0 Å². The zero-order valence-electron chi connectivity index (χ0n) is 12.5. The molecule has 0 saturated heterocycles. The van der Waals surface area contributed by atoms with E-state index in [4.69, 9.17) is 4.74 Å². The molecule has 2 aromatic rings. The van der Waals surface area contributed by atoms with Gasteiger partial charge in [-0.1, -0.05) is 6.92 Å². The van der Waals surface area contributed by atoms with Crippen molar-refractivity contribution < 1.29 is 4.74 Å². The second kappa shape index (κ2) is 6.48. The first-order valence-corrected chi connectivity index (χ1v) is 6.83. The topological polar surface area (TPSA) is 47.0 Å². The van der Waals surface area contributed by atoms with Gasteiger partial charge in [-0.2, -0.15) is 0 Å². The molecule has 2 heterocycles. The summed E-state index contributed by atoms with van der Waals surface area (Å²) in [6, 6.07) is 8.02. The van der Waals surface area contributed by atoms with E-state index in [-0.39, 0.29) is 6.04 Å². The average Bonchev–Trinajstić information content (AvgIpc) is 2.43. The summed E-state index contributed by atoms with van der Waals surface area (Å²) >= 11 is 0. The van der Waals surface area contributed by atoms with Crippen LogP contribution in [0.3, 0.4) is 0 Å². The first-order valence-electron chi connectivity index (χ1n) is 6.83. The average molecular weight is 271 g/mol. The summed E-state index contributed by atoms with van der Waals surface area (Å²) in [5.74, 6) is 0.797. The predicted octanol–water partition coefficient (Wildman–Crippen LogP) is 2.80. The Kier molecular flexibility index (Phi) is 4.69. The van der Waals surface area contributed by atoms with Crippen LogP contribution in [0.4, 0.5) is 0 Å². The van der Waals surface area contributed by atoms with Gasteiger partial charge in [-0.15, -0.1) is 0 Å². The molecular weight excluding hydrogens is 250 g/mol. The van der Waals surface area contributed by atoms with Crippen LogP contribution in [0, 0.1) is 13.8 Å². The third-order valence-corrected chi connectivity index (χ3v) is 3.14. The highest BCUT2D eigenvalue weighted by Crippen LogP contribution is 2.28. The van der Waals surface area contributed by atoms with Crippen molar-refractivity contribution in [2.24, 2.45) is 0 Å². The van der Waals surface area contributed by atoms with Crippen molar-refractivity contribution in [2.75, 3.05) is 13.7 Å². The molecule has 0 fully saturated rings. The lowest BCUT2D eigenvalue weighted by molar-refractivity contribution is 0.400. The lowest BCUT2D eigenvalue weighted by Crippen LogP contribution is -2.24. The van der Waals surface area contributed by atoms with Crippen LogP contribution >= 0.6 is 0 Å². The van der Waals surface area contributed by atoms with E-state index in [1.54, 1.807) is 13.3 Å². The molecule has 0 spiro atoms. The molecule has 4 nitrogen and oxygen atoms in total. The Labute approximate surface area is 120 Å². The molecule has 1 atom stereocenters. The van der Waals surface area contributed by atoms with Gasteiger partial charge in [0.15, 0.2) is 0 Å². The fourth-order valence-electron chi connectivity index (χ4n) is 2.40. The van der Waals surface area contributed by atoms with Gasteiger partial charge >= 0.3 is 0 Å². The molecule has 106 valence electrons. The Morgan fingerprint density at radius 3 is 2.55 bits per heavy atom. The van der Waals surface area contributed by atoms with Gasteiger partial charge in [0, 0.05) is 17.6 Å². The standard InChI is InChI=1S/C16H21N3O/c1-5-17-15(13-9-11(2)19-12(3)10-13)16-14(20-4)7-6-8-18-16/h6-10,15,17H,5H2,1-4H3. The number of rotatable bonds is 5. The largest absolute Gasteiger partial charge is 0.495 e. The van der Waals surface area contributed by atoms with Crippen molar-refractivity contribution in [3.8, 4) is 5.75 Å². The SMILES string of the molecule is CCNC(c1cc(C)nc(C)c1)c1ncccc1OC. The van der Waals surface area contributed by atoms with Gasteiger partial charge in [-0.25, -0.2) is 0 Å². The minimum Gasteiger partial charge on any atom is -0.495 e. The monoisotopic (exact) mass is 271 g/mol. The molecule has 20 heavy (non-hydrogen) atoms. The van der Waals surface area contributed by atoms with E-state index in [1.807, 2.05) is 26.0 Å². The number of nitrogens with one attached hydrogen (secondary N) is 1. The Morgan fingerprint density at radius 2 is 1.95 bits per heavy atom. The summed E-state index contributed by atoms with van der Waals surface area (Å²) in [7, 11) is 1.67. The maximum Gasteiger partial charge on any atom is 0.142 e. The number of hydrogen-bond acceptors (Lipinski definition) is 4. The van der Waals surface area contributed by atoms with Crippen LogP contribution in [0.2, 0.25) is 0 Å². The van der Waals surface area contributed by atoms with Gasteiger partial charge in [0.25, 0.3) is 0 Å². The summed E-state index contributed by atoms with van der Waals surface area (Å²) in [5, 5.41) is 3.47. The molecule has 0 aliphatic carbocycles. The molecule has 2 rings (SSSR count). The minimum atomic E-state index is 0.0107.